The van der Waals surface area contributed by atoms with Crippen LogP contribution >= 0.6 is 11.6 Å². The highest BCUT2D eigenvalue weighted by Gasteiger charge is 2.28. The molecule has 1 aliphatic heterocycles. The number of hydrogen-bond acceptors (Lipinski definition) is 4. The third-order valence-corrected chi connectivity index (χ3v) is 3.80. The molecule has 6 heteroatoms. The van der Waals surface area contributed by atoms with Gasteiger partial charge in [0.05, 0.1) is 11.0 Å². The Labute approximate surface area is 126 Å². The number of halogens is 1. The Morgan fingerprint density at radius 3 is 2.57 bits per heavy atom. The number of non-ortho nitro benzene ring substituents is 1. The molecule has 2 aromatic rings. The summed E-state index contributed by atoms with van der Waals surface area (Å²) in [7, 11) is 0. The van der Waals surface area contributed by atoms with Crippen LogP contribution in [0.5, 0.6) is 0 Å². The zero-order valence-electron chi connectivity index (χ0n) is 11.0. The van der Waals surface area contributed by atoms with Crippen molar-refractivity contribution in [1.82, 2.24) is 5.32 Å². The highest BCUT2D eigenvalue weighted by atomic mass is 35.5. The van der Waals surface area contributed by atoms with Gasteiger partial charge in [0.25, 0.3) is 5.69 Å². The third kappa shape index (κ3) is 2.90. The molecule has 2 aromatic carbocycles. The average molecular weight is 305 g/mol. The molecule has 0 radical (unpaired) electrons. The molecule has 5 nitrogen and oxygen atoms in total. The van der Waals surface area contributed by atoms with Crippen LogP contribution in [0.3, 0.4) is 0 Å². The Kier molecular flexibility index (Phi) is 3.88. The molecule has 1 aliphatic rings. The molecular weight excluding hydrogens is 292 g/mol. The largest absolute Gasteiger partial charge is 0.350 e. The van der Waals surface area contributed by atoms with E-state index in [0.717, 1.165) is 11.1 Å². The highest BCUT2D eigenvalue weighted by Crippen LogP contribution is 2.33. The van der Waals surface area contributed by atoms with Crippen molar-refractivity contribution in [2.24, 2.45) is 0 Å². The van der Waals surface area contributed by atoms with Gasteiger partial charge in [0.15, 0.2) is 0 Å². The number of nitrogens with one attached hydrogen (secondary N) is 1. The van der Waals surface area contributed by atoms with Crippen molar-refractivity contribution in [2.45, 2.75) is 12.3 Å². The summed E-state index contributed by atoms with van der Waals surface area (Å²) in [5.74, 6) is 0. The number of nitro groups is 1. The molecule has 0 saturated carbocycles. The van der Waals surface area contributed by atoms with Crippen molar-refractivity contribution >= 4 is 17.3 Å². The second-order valence-electron chi connectivity index (χ2n) is 4.78. The van der Waals surface area contributed by atoms with E-state index in [0.29, 0.717) is 11.6 Å². The maximum atomic E-state index is 10.7. The molecule has 1 heterocycles. The van der Waals surface area contributed by atoms with E-state index in [1.165, 1.54) is 12.1 Å². The zero-order chi connectivity index (χ0) is 14.8. The van der Waals surface area contributed by atoms with E-state index in [4.69, 9.17) is 16.3 Å². The molecule has 2 atom stereocenters. The maximum Gasteiger partial charge on any atom is 0.269 e. The molecule has 1 N–H and O–H groups in total. The first-order valence-corrected chi connectivity index (χ1v) is 6.90. The van der Waals surface area contributed by atoms with Crippen molar-refractivity contribution in [3.05, 3.63) is 74.8 Å². The van der Waals surface area contributed by atoms with Gasteiger partial charge in [0.2, 0.25) is 0 Å². The Hall–Kier alpha value is -1.95. The lowest BCUT2D eigenvalue weighted by Gasteiger charge is -2.14. The van der Waals surface area contributed by atoms with Gasteiger partial charge in [0, 0.05) is 29.3 Å². The minimum absolute atomic E-state index is 0.0763. The number of hydrogen-bond donors (Lipinski definition) is 1. The normalized spacial score (nSPS) is 21.4. The van der Waals surface area contributed by atoms with Gasteiger partial charge in [-0.1, -0.05) is 29.8 Å². The zero-order valence-corrected chi connectivity index (χ0v) is 11.8. The molecule has 1 saturated heterocycles. The van der Waals surface area contributed by atoms with Crippen LogP contribution < -0.4 is 5.32 Å². The fourth-order valence-electron chi connectivity index (χ4n) is 2.35. The predicted molar refractivity (Wildman–Crippen MR) is 79.1 cm³/mol. The fraction of sp³-hybridized carbons (Fsp3) is 0.200. The molecule has 0 bridgehead atoms. The molecule has 21 heavy (non-hydrogen) atoms. The van der Waals surface area contributed by atoms with Crippen molar-refractivity contribution in [2.75, 3.05) is 6.54 Å². The quantitative estimate of drug-likeness (QED) is 0.695. The van der Waals surface area contributed by atoms with Crippen LogP contribution in [0.2, 0.25) is 5.02 Å². The monoisotopic (exact) mass is 304 g/mol. The first-order chi connectivity index (χ1) is 10.1. The molecule has 0 spiro atoms. The standard InChI is InChI=1S/C15H13ClN2O3/c16-13-4-2-1-3-12(13)15-17-9-14(21-15)10-5-7-11(8-6-10)18(19)20/h1-8,14-15,17H,9H2/t14-,15-/m1/s1. The van der Waals surface area contributed by atoms with Crippen molar-refractivity contribution in [1.29, 1.82) is 0 Å². The lowest BCUT2D eigenvalue weighted by atomic mass is 10.1. The van der Waals surface area contributed by atoms with Crippen LogP contribution in [0.1, 0.15) is 23.5 Å². The Bertz CT molecular complexity index is 660. The van der Waals surface area contributed by atoms with Gasteiger partial charge in [-0.3, -0.25) is 15.4 Å². The SMILES string of the molecule is O=[N+]([O-])c1ccc([C@H]2CN[C@@H](c3ccccc3Cl)O2)cc1. The fourth-order valence-corrected chi connectivity index (χ4v) is 2.59. The summed E-state index contributed by atoms with van der Waals surface area (Å²) in [6, 6.07) is 13.9. The number of nitrogens with zero attached hydrogens (tertiary/aromatic N) is 1. The van der Waals surface area contributed by atoms with Crippen molar-refractivity contribution in [3.63, 3.8) is 0 Å². The van der Waals surface area contributed by atoms with Crippen LogP contribution in [0.4, 0.5) is 5.69 Å². The average Bonchev–Trinajstić information content (AvgIpc) is 2.97. The summed E-state index contributed by atoms with van der Waals surface area (Å²) >= 11 is 6.16. The first-order valence-electron chi connectivity index (χ1n) is 6.53. The topological polar surface area (TPSA) is 64.4 Å². The number of nitro benzene ring substituents is 1. The molecule has 108 valence electrons. The summed E-state index contributed by atoms with van der Waals surface area (Å²) in [6.07, 6.45) is -0.411. The summed E-state index contributed by atoms with van der Waals surface area (Å²) in [5, 5.41) is 14.6. The smallest absolute Gasteiger partial charge is 0.269 e. The van der Waals surface area contributed by atoms with Crippen LogP contribution in [0.15, 0.2) is 48.5 Å². The summed E-state index contributed by atoms with van der Waals surface area (Å²) in [6.45, 7) is 0.633. The summed E-state index contributed by atoms with van der Waals surface area (Å²) < 4.78 is 5.95. The second-order valence-corrected chi connectivity index (χ2v) is 5.19. The first kappa shape index (κ1) is 14.0. The molecule has 1 fully saturated rings. The summed E-state index contributed by atoms with van der Waals surface area (Å²) in [5.41, 5.74) is 1.87. The Balaban J connectivity index is 1.75. The summed E-state index contributed by atoms with van der Waals surface area (Å²) in [4.78, 5) is 10.2. The van der Waals surface area contributed by atoms with Crippen LogP contribution in [0, 0.1) is 10.1 Å². The van der Waals surface area contributed by atoms with Crippen LogP contribution in [-0.4, -0.2) is 11.5 Å². The minimum Gasteiger partial charge on any atom is -0.350 e. The van der Waals surface area contributed by atoms with Gasteiger partial charge in [0.1, 0.15) is 6.23 Å². The molecule has 0 amide bonds. The van der Waals surface area contributed by atoms with Crippen molar-refractivity contribution < 1.29 is 9.66 Å². The number of benzene rings is 2. The van der Waals surface area contributed by atoms with E-state index in [1.54, 1.807) is 12.1 Å². The van der Waals surface area contributed by atoms with E-state index in [-0.39, 0.29) is 18.0 Å². The molecule has 0 aromatic heterocycles. The maximum absolute atomic E-state index is 10.7. The minimum atomic E-state index is -0.413. The van der Waals surface area contributed by atoms with E-state index in [2.05, 4.69) is 5.32 Å². The molecule has 0 unspecified atom stereocenters. The Morgan fingerprint density at radius 2 is 1.90 bits per heavy atom. The molecule has 3 rings (SSSR count). The van der Waals surface area contributed by atoms with Gasteiger partial charge >= 0.3 is 0 Å². The second kappa shape index (κ2) is 5.81. The van der Waals surface area contributed by atoms with Crippen LogP contribution in [-0.2, 0) is 4.74 Å². The van der Waals surface area contributed by atoms with Gasteiger partial charge in [-0.15, -0.1) is 0 Å². The van der Waals surface area contributed by atoms with E-state index in [9.17, 15) is 10.1 Å². The van der Waals surface area contributed by atoms with Gasteiger partial charge in [-0.2, -0.15) is 0 Å². The van der Waals surface area contributed by atoms with E-state index < -0.39 is 4.92 Å². The lowest BCUT2D eigenvalue weighted by molar-refractivity contribution is -0.384. The Morgan fingerprint density at radius 1 is 1.19 bits per heavy atom. The molecule has 0 aliphatic carbocycles. The van der Waals surface area contributed by atoms with Crippen molar-refractivity contribution in [3.8, 4) is 0 Å². The van der Waals surface area contributed by atoms with Gasteiger partial charge < -0.3 is 4.74 Å². The third-order valence-electron chi connectivity index (χ3n) is 3.45. The lowest BCUT2D eigenvalue weighted by Crippen LogP contribution is -2.14. The van der Waals surface area contributed by atoms with Gasteiger partial charge in [-0.25, -0.2) is 0 Å². The van der Waals surface area contributed by atoms with Crippen LogP contribution in [0.25, 0.3) is 0 Å². The van der Waals surface area contributed by atoms with E-state index in [1.807, 2.05) is 24.3 Å². The predicted octanol–water partition coefficient (Wildman–Crippen LogP) is 3.61. The van der Waals surface area contributed by atoms with Gasteiger partial charge in [-0.05, 0) is 23.8 Å². The van der Waals surface area contributed by atoms with E-state index >= 15 is 0 Å². The highest BCUT2D eigenvalue weighted by molar-refractivity contribution is 6.31. The number of rotatable bonds is 3. The molecular formula is C15H13ClN2O3. The number of ether oxygens (including phenoxy) is 1.